The van der Waals surface area contributed by atoms with E-state index in [1.165, 1.54) is 5.56 Å². The van der Waals surface area contributed by atoms with E-state index in [0.29, 0.717) is 12.4 Å². The van der Waals surface area contributed by atoms with Crippen LogP contribution in [0.5, 0.6) is 0 Å². The Morgan fingerprint density at radius 1 is 0.963 bits per heavy atom. The van der Waals surface area contributed by atoms with Crippen molar-refractivity contribution >= 4 is 16.7 Å². The van der Waals surface area contributed by atoms with Crippen molar-refractivity contribution in [1.82, 2.24) is 14.5 Å². The summed E-state index contributed by atoms with van der Waals surface area (Å²) >= 11 is 0. The maximum absolute atomic E-state index is 13.2. The molecule has 4 heteroatoms. The maximum atomic E-state index is 13.2. The quantitative estimate of drug-likeness (QED) is 0.527. The van der Waals surface area contributed by atoms with E-state index < -0.39 is 0 Å². The van der Waals surface area contributed by atoms with Gasteiger partial charge in [0.2, 0.25) is 5.95 Å². The first-order valence-corrected chi connectivity index (χ1v) is 9.22. The van der Waals surface area contributed by atoms with Gasteiger partial charge in [0.25, 0.3) is 0 Å². The summed E-state index contributed by atoms with van der Waals surface area (Å²) < 4.78 is 2.07. The summed E-state index contributed by atoms with van der Waals surface area (Å²) in [5, 5.41) is 1.01. The van der Waals surface area contributed by atoms with Gasteiger partial charge in [0.15, 0.2) is 5.78 Å². The van der Waals surface area contributed by atoms with Gasteiger partial charge in [-0.1, -0.05) is 42.0 Å². The Balaban J connectivity index is 1.77. The monoisotopic (exact) mass is 353 g/mol. The van der Waals surface area contributed by atoms with Crippen LogP contribution in [0.1, 0.15) is 39.5 Å². The van der Waals surface area contributed by atoms with Gasteiger partial charge in [-0.2, -0.15) is 0 Å². The van der Waals surface area contributed by atoms with Crippen LogP contribution in [-0.2, 0) is 6.42 Å². The SMILES string of the molecule is Cc1ccc2c(c1)c1c(n2-c2ncccn2)CC(c2ccccc2)CC1=O. The molecular weight excluding hydrogens is 334 g/mol. The molecule has 1 unspecified atom stereocenters. The molecule has 1 aliphatic carbocycles. The summed E-state index contributed by atoms with van der Waals surface area (Å²) in [6, 6.07) is 18.4. The van der Waals surface area contributed by atoms with E-state index >= 15 is 0 Å². The summed E-state index contributed by atoms with van der Waals surface area (Å²) in [4.78, 5) is 22.1. The minimum absolute atomic E-state index is 0.180. The fourth-order valence-corrected chi connectivity index (χ4v) is 4.19. The molecule has 0 aliphatic heterocycles. The minimum atomic E-state index is 0.180. The molecule has 2 aromatic heterocycles. The van der Waals surface area contributed by atoms with Gasteiger partial charge in [-0.05, 0) is 43.0 Å². The highest BCUT2D eigenvalue weighted by Crippen LogP contribution is 2.39. The van der Waals surface area contributed by atoms with Crippen LogP contribution < -0.4 is 0 Å². The van der Waals surface area contributed by atoms with Gasteiger partial charge in [0.1, 0.15) is 0 Å². The number of carbonyl (C=O) groups excluding carboxylic acids is 1. The molecule has 1 aliphatic rings. The van der Waals surface area contributed by atoms with Crippen LogP contribution in [0.15, 0.2) is 67.0 Å². The fourth-order valence-electron chi connectivity index (χ4n) is 4.19. The number of rotatable bonds is 2. The maximum Gasteiger partial charge on any atom is 0.234 e. The zero-order chi connectivity index (χ0) is 18.4. The summed E-state index contributed by atoms with van der Waals surface area (Å²) in [6.45, 7) is 2.06. The second-order valence-corrected chi connectivity index (χ2v) is 7.17. The largest absolute Gasteiger partial charge is 0.294 e. The van der Waals surface area contributed by atoms with Crippen molar-refractivity contribution < 1.29 is 4.79 Å². The predicted molar refractivity (Wildman–Crippen MR) is 105 cm³/mol. The molecule has 0 bridgehead atoms. The van der Waals surface area contributed by atoms with Gasteiger partial charge in [-0.3, -0.25) is 9.36 Å². The number of aryl methyl sites for hydroxylation is 1. The number of aromatic nitrogens is 3. The molecule has 0 saturated heterocycles. The Morgan fingerprint density at radius 3 is 2.52 bits per heavy atom. The van der Waals surface area contributed by atoms with Gasteiger partial charge in [-0.15, -0.1) is 0 Å². The lowest BCUT2D eigenvalue weighted by Crippen LogP contribution is -2.20. The fraction of sp³-hybridized carbons (Fsp3) is 0.174. The van der Waals surface area contributed by atoms with Gasteiger partial charge >= 0.3 is 0 Å². The van der Waals surface area contributed by atoms with E-state index in [-0.39, 0.29) is 11.7 Å². The number of nitrogens with zero attached hydrogens (tertiary/aromatic N) is 3. The van der Waals surface area contributed by atoms with E-state index in [4.69, 9.17) is 0 Å². The first-order valence-electron chi connectivity index (χ1n) is 9.22. The summed E-state index contributed by atoms with van der Waals surface area (Å²) in [5.41, 5.74) is 5.21. The summed E-state index contributed by atoms with van der Waals surface area (Å²) in [5.74, 6) is 1.00. The number of hydrogen-bond acceptors (Lipinski definition) is 3. The average Bonchev–Trinajstić information content (AvgIpc) is 3.03. The van der Waals surface area contributed by atoms with Crippen LogP contribution in [0.25, 0.3) is 16.9 Å². The van der Waals surface area contributed by atoms with E-state index in [2.05, 4.69) is 51.8 Å². The normalized spacial score (nSPS) is 16.5. The molecule has 27 heavy (non-hydrogen) atoms. The number of fused-ring (bicyclic) bond motifs is 3. The van der Waals surface area contributed by atoms with Crippen LogP contribution in [0.2, 0.25) is 0 Å². The minimum Gasteiger partial charge on any atom is -0.294 e. The third kappa shape index (κ3) is 2.56. The zero-order valence-corrected chi connectivity index (χ0v) is 15.1. The van der Waals surface area contributed by atoms with Crippen molar-refractivity contribution in [2.24, 2.45) is 0 Å². The third-order valence-electron chi connectivity index (χ3n) is 5.39. The van der Waals surface area contributed by atoms with Crippen molar-refractivity contribution in [2.45, 2.75) is 25.7 Å². The number of Topliss-reactive ketones (excluding diaryl/α,β-unsaturated/α-hetero) is 1. The molecule has 0 radical (unpaired) electrons. The molecule has 0 fully saturated rings. The first kappa shape index (κ1) is 15.9. The van der Waals surface area contributed by atoms with Gasteiger partial charge in [-0.25, -0.2) is 9.97 Å². The van der Waals surface area contributed by atoms with Crippen molar-refractivity contribution in [1.29, 1.82) is 0 Å². The molecule has 4 nitrogen and oxygen atoms in total. The summed E-state index contributed by atoms with van der Waals surface area (Å²) in [7, 11) is 0. The molecule has 0 N–H and O–H groups in total. The standard InChI is InChI=1S/C23H19N3O/c1-15-8-9-19-18(12-15)22-20(26(19)23-24-10-5-11-25-23)13-17(14-21(22)27)16-6-3-2-4-7-16/h2-12,17H,13-14H2,1H3. The van der Waals surface area contributed by atoms with Crippen molar-refractivity contribution in [3.05, 3.63) is 89.4 Å². The molecule has 2 heterocycles. The number of benzene rings is 2. The molecule has 132 valence electrons. The number of carbonyl (C=O) groups is 1. The zero-order valence-electron chi connectivity index (χ0n) is 15.1. The Kier molecular flexibility index (Phi) is 3.64. The van der Waals surface area contributed by atoms with Gasteiger partial charge in [0, 0.05) is 35.5 Å². The van der Waals surface area contributed by atoms with E-state index in [9.17, 15) is 4.79 Å². The average molecular weight is 353 g/mol. The lowest BCUT2D eigenvalue weighted by Gasteiger charge is -2.23. The van der Waals surface area contributed by atoms with E-state index in [1.807, 2.05) is 24.3 Å². The molecule has 2 aromatic carbocycles. The smallest absolute Gasteiger partial charge is 0.234 e. The third-order valence-corrected chi connectivity index (χ3v) is 5.39. The topological polar surface area (TPSA) is 47.8 Å². The molecule has 0 amide bonds. The molecule has 0 saturated carbocycles. The molecule has 1 atom stereocenters. The molecule has 0 spiro atoms. The lowest BCUT2D eigenvalue weighted by molar-refractivity contribution is 0.0965. The highest BCUT2D eigenvalue weighted by molar-refractivity contribution is 6.11. The van der Waals surface area contributed by atoms with E-state index in [0.717, 1.165) is 34.1 Å². The Hall–Kier alpha value is -3.27. The highest BCUT2D eigenvalue weighted by atomic mass is 16.1. The molecular formula is C23H19N3O. The summed E-state index contributed by atoms with van der Waals surface area (Å²) in [6.07, 6.45) is 4.83. The number of ketones is 1. The van der Waals surface area contributed by atoms with Crippen LogP contribution in [0.3, 0.4) is 0 Å². The second kappa shape index (κ2) is 6.16. The Bertz CT molecular complexity index is 1150. The van der Waals surface area contributed by atoms with Gasteiger partial charge < -0.3 is 0 Å². The first-order chi connectivity index (χ1) is 13.2. The predicted octanol–water partition coefficient (Wildman–Crippen LogP) is 4.64. The van der Waals surface area contributed by atoms with E-state index in [1.54, 1.807) is 12.4 Å². The van der Waals surface area contributed by atoms with Crippen molar-refractivity contribution in [2.75, 3.05) is 0 Å². The molecule has 4 aromatic rings. The second-order valence-electron chi connectivity index (χ2n) is 7.17. The lowest BCUT2D eigenvalue weighted by atomic mass is 9.81. The van der Waals surface area contributed by atoms with Crippen LogP contribution >= 0.6 is 0 Å². The van der Waals surface area contributed by atoms with Crippen LogP contribution in [0, 0.1) is 6.92 Å². The van der Waals surface area contributed by atoms with Gasteiger partial charge in [0.05, 0.1) is 5.52 Å². The number of hydrogen-bond donors (Lipinski definition) is 0. The van der Waals surface area contributed by atoms with Crippen molar-refractivity contribution in [3.63, 3.8) is 0 Å². The van der Waals surface area contributed by atoms with Crippen LogP contribution in [0.4, 0.5) is 0 Å². The van der Waals surface area contributed by atoms with Crippen LogP contribution in [-0.4, -0.2) is 20.3 Å². The Morgan fingerprint density at radius 2 is 1.74 bits per heavy atom. The highest BCUT2D eigenvalue weighted by Gasteiger charge is 2.32. The Labute approximate surface area is 157 Å². The van der Waals surface area contributed by atoms with Crippen molar-refractivity contribution in [3.8, 4) is 5.95 Å². The molecule has 5 rings (SSSR count).